The topological polar surface area (TPSA) is 72.9 Å². The molecule has 1 amide bonds. The standard InChI is InChI=1S/C20H30ClN3O3.ClH/c1-5-23(12-18(25)26)16-6-8-24(9-7-16)15(4)20(27)22-19-14(3)10-13(2)11-17(19)21;/h10-11,15-16H,5-9,12H2,1-4H3,(H,22,27)(H,25,26);1H. The van der Waals surface area contributed by atoms with Crippen molar-refractivity contribution >= 4 is 41.6 Å². The molecule has 0 aliphatic carbocycles. The summed E-state index contributed by atoms with van der Waals surface area (Å²) in [5.41, 5.74) is 2.69. The molecule has 1 saturated heterocycles. The van der Waals surface area contributed by atoms with Gasteiger partial charge >= 0.3 is 5.97 Å². The third kappa shape index (κ3) is 6.34. The molecule has 6 nitrogen and oxygen atoms in total. The highest BCUT2D eigenvalue weighted by Gasteiger charge is 2.30. The number of carbonyl (C=O) groups excluding carboxylic acids is 1. The molecule has 1 aromatic carbocycles. The zero-order valence-corrected chi connectivity index (χ0v) is 18.6. The fourth-order valence-electron chi connectivity index (χ4n) is 3.78. The smallest absolute Gasteiger partial charge is 0.317 e. The minimum absolute atomic E-state index is 0. The van der Waals surface area contributed by atoms with E-state index in [1.54, 1.807) is 0 Å². The van der Waals surface area contributed by atoms with Crippen molar-refractivity contribution in [3.05, 3.63) is 28.3 Å². The lowest BCUT2D eigenvalue weighted by Gasteiger charge is -2.39. The highest BCUT2D eigenvalue weighted by molar-refractivity contribution is 6.34. The van der Waals surface area contributed by atoms with Crippen molar-refractivity contribution in [3.8, 4) is 0 Å². The van der Waals surface area contributed by atoms with Crippen LogP contribution in [0.2, 0.25) is 5.02 Å². The first-order valence-electron chi connectivity index (χ1n) is 9.50. The van der Waals surface area contributed by atoms with E-state index in [4.69, 9.17) is 16.7 Å². The van der Waals surface area contributed by atoms with Crippen molar-refractivity contribution in [2.24, 2.45) is 0 Å². The van der Waals surface area contributed by atoms with Gasteiger partial charge in [-0.05, 0) is 57.4 Å². The summed E-state index contributed by atoms with van der Waals surface area (Å²) in [4.78, 5) is 27.9. The Kier molecular flexibility index (Phi) is 9.70. The summed E-state index contributed by atoms with van der Waals surface area (Å²) in [5, 5.41) is 12.6. The highest BCUT2D eigenvalue weighted by atomic mass is 35.5. The van der Waals surface area contributed by atoms with Crippen LogP contribution in [0.4, 0.5) is 5.69 Å². The zero-order chi connectivity index (χ0) is 20.1. The van der Waals surface area contributed by atoms with Crippen LogP contribution in [0.3, 0.4) is 0 Å². The van der Waals surface area contributed by atoms with Crippen molar-refractivity contribution in [3.63, 3.8) is 0 Å². The third-order valence-electron chi connectivity index (χ3n) is 5.37. The Hall–Kier alpha value is -1.34. The van der Waals surface area contributed by atoms with Crippen LogP contribution in [0.25, 0.3) is 0 Å². The van der Waals surface area contributed by atoms with Gasteiger partial charge in [-0.1, -0.05) is 24.6 Å². The van der Waals surface area contributed by atoms with Crippen molar-refractivity contribution in [1.82, 2.24) is 9.80 Å². The lowest BCUT2D eigenvalue weighted by atomic mass is 10.0. The Morgan fingerprint density at radius 3 is 2.43 bits per heavy atom. The molecule has 28 heavy (non-hydrogen) atoms. The predicted octanol–water partition coefficient (Wildman–Crippen LogP) is 3.58. The van der Waals surface area contributed by atoms with E-state index in [9.17, 15) is 9.59 Å². The molecule has 158 valence electrons. The Labute approximate surface area is 178 Å². The van der Waals surface area contributed by atoms with E-state index in [2.05, 4.69) is 10.2 Å². The van der Waals surface area contributed by atoms with Gasteiger partial charge < -0.3 is 10.4 Å². The maximum atomic E-state index is 12.7. The van der Waals surface area contributed by atoms with E-state index >= 15 is 0 Å². The van der Waals surface area contributed by atoms with Gasteiger partial charge in [0.25, 0.3) is 0 Å². The molecule has 8 heteroatoms. The zero-order valence-electron chi connectivity index (χ0n) is 17.0. The molecule has 1 aromatic rings. The number of amides is 1. The predicted molar refractivity (Wildman–Crippen MR) is 116 cm³/mol. The lowest BCUT2D eigenvalue weighted by Crippen LogP contribution is -2.51. The van der Waals surface area contributed by atoms with E-state index in [1.807, 2.05) is 44.7 Å². The summed E-state index contributed by atoms with van der Waals surface area (Å²) >= 11 is 6.30. The number of anilines is 1. The quantitative estimate of drug-likeness (QED) is 0.689. The Morgan fingerprint density at radius 1 is 1.32 bits per heavy atom. The second-order valence-corrected chi connectivity index (χ2v) is 7.74. The van der Waals surface area contributed by atoms with Gasteiger partial charge in [0.05, 0.1) is 23.3 Å². The number of carboxylic acids is 1. The number of benzene rings is 1. The van der Waals surface area contributed by atoms with Gasteiger partial charge in [0.2, 0.25) is 5.91 Å². The average molecular weight is 432 g/mol. The molecule has 0 spiro atoms. The molecule has 1 atom stereocenters. The molecule has 1 heterocycles. The second kappa shape index (κ2) is 11.0. The van der Waals surface area contributed by atoms with Gasteiger partial charge in [0.1, 0.15) is 0 Å². The molecular formula is C20H31Cl2N3O3. The monoisotopic (exact) mass is 431 g/mol. The molecule has 1 aliphatic heterocycles. The first-order chi connectivity index (χ1) is 12.7. The Balaban J connectivity index is 0.00000392. The van der Waals surface area contributed by atoms with Crippen LogP contribution in [0.1, 0.15) is 37.8 Å². The number of carbonyl (C=O) groups is 2. The van der Waals surface area contributed by atoms with Crippen LogP contribution in [-0.2, 0) is 9.59 Å². The molecule has 2 rings (SSSR count). The largest absolute Gasteiger partial charge is 0.480 e. The average Bonchev–Trinajstić information content (AvgIpc) is 2.61. The molecule has 0 radical (unpaired) electrons. The summed E-state index contributed by atoms with van der Waals surface area (Å²) in [5.74, 6) is -0.863. The number of hydrogen-bond donors (Lipinski definition) is 2. The van der Waals surface area contributed by atoms with Gasteiger partial charge in [0.15, 0.2) is 0 Å². The maximum Gasteiger partial charge on any atom is 0.317 e. The highest BCUT2D eigenvalue weighted by Crippen LogP contribution is 2.28. The summed E-state index contributed by atoms with van der Waals surface area (Å²) < 4.78 is 0. The van der Waals surface area contributed by atoms with Crippen molar-refractivity contribution < 1.29 is 14.7 Å². The number of aliphatic carboxylic acids is 1. The first kappa shape index (κ1) is 24.7. The molecule has 1 unspecified atom stereocenters. The number of likely N-dealkylation sites (tertiary alicyclic amines) is 1. The van der Waals surface area contributed by atoms with E-state index in [0.29, 0.717) is 10.7 Å². The van der Waals surface area contributed by atoms with Crippen molar-refractivity contribution in [1.29, 1.82) is 0 Å². The van der Waals surface area contributed by atoms with Crippen LogP contribution in [0, 0.1) is 13.8 Å². The number of likely N-dealkylation sites (N-methyl/N-ethyl adjacent to an activating group) is 1. The number of nitrogens with one attached hydrogen (secondary N) is 1. The minimum Gasteiger partial charge on any atom is -0.480 e. The van der Waals surface area contributed by atoms with E-state index in [-0.39, 0.29) is 36.9 Å². The molecule has 1 aliphatic rings. The van der Waals surface area contributed by atoms with Crippen LogP contribution in [-0.4, -0.2) is 65.0 Å². The van der Waals surface area contributed by atoms with Crippen molar-refractivity contribution in [2.75, 3.05) is 31.5 Å². The number of hydrogen-bond acceptors (Lipinski definition) is 4. The number of aryl methyl sites for hydroxylation is 2. The van der Waals surface area contributed by atoms with E-state index < -0.39 is 5.97 Å². The summed E-state index contributed by atoms with van der Waals surface area (Å²) in [7, 11) is 0. The number of carboxylic acid groups (broad SMARTS) is 1. The molecule has 2 N–H and O–H groups in total. The first-order valence-corrected chi connectivity index (χ1v) is 9.88. The fourth-order valence-corrected chi connectivity index (χ4v) is 4.15. The number of halogens is 2. The second-order valence-electron chi connectivity index (χ2n) is 7.33. The molecule has 0 aromatic heterocycles. The Morgan fingerprint density at radius 2 is 1.93 bits per heavy atom. The van der Waals surface area contributed by atoms with Crippen LogP contribution < -0.4 is 5.32 Å². The fraction of sp³-hybridized carbons (Fsp3) is 0.600. The summed E-state index contributed by atoms with van der Waals surface area (Å²) in [6, 6.07) is 3.84. The molecule has 0 saturated carbocycles. The lowest BCUT2D eigenvalue weighted by molar-refractivity contribution is -0.139. The summed E-state index contributed by atoms with van der Waals surface area (Å²) in [6.45, 7) is 10.1. The number of nitrogens with zero attached hydrogens (tertiary/aromatic N) is 2. The number of rotatable bonds is 7. The SMILES string of the molecule is CCN(CC(=O)O)C1CCN(C(C)C(=O)Nc2c(C)cc(C)cc2Cl)CC1.Cl. The van der Waals surface area contributed by atoms with Crippen LogP contribution in [0.5, 0.6) is 0 Å². The number of piperidine rings is 1. The van der Waals surface area contributed by atoms with Crippen molar-refractivity contribution in [2.45, 2.75) is 52.6 Å². The van der Waals surface area contributed by atoms with E-state index in [1.165, 1.54) is 0 Å². The van der Waals surface area contributed by atoms with Gasteiger partial charge in [-0.3, -0.25) is 19.4 Å². The maximum absolute atomic E-state index is 12.7. The Bertz CT molecular complexity index is 668. The molecule has 1 fully saturated rings. The van der Waals surface area contributed by atoms with Crippen LogP contribution in [0.15, 0.2) is 12.1 Å². The molecule has 0 bridgehead atoms. The molecular weight excluding hydrogens is 401 g/mol. The summed E-state index contributed by atoms with van der Waals surface area (Å²) in [6.07, 6.45) is 1.73. The van der Waals surface area contributed by atoms with Gasteiger partial charge in [-0.25, -0.2) is 0 Å². The van der Waals surface area contributed by atoms with Crippen LogP contribution >= 0.6 is 24.0 Å². The minimum atomic E-state index is -0.794. The third-order valence-corrected chi connectivity index (χ3v) is 5.67. The van der Waals surface area contributed by atoms with Gasteiger partial charge in [-0.15, -0.1) is 12.4 Å². The van der Waals surface area contributed by atoms with Gasteiger partial charge in [-0.2, -0.15) is 0 Å². The van der Waals surface area contributed by atoms with E-state index in [0.717, 1.165) is 43.6 Å². The normalized spacial score (nSPS) is 16.5. The van der Waals surface area contributed by atoms with Gasteiger partial charge in [0, 0.05) is 19.1 Å².